The van der Waals surface area contributed by atoms with E-state index in [0.29, 0.717) is 28.8 Å². The average molecular weight is 518 g/mol. The summed E-state index contributed by atoms with van der Waals surface area (Å²) in [4.78, 5) is 29.0. The molecule has 3 aromatic carbocycles. The van der Waals surface area contributed by atoms with Gasteiger partial charge in [0.1, 0.15) is 11.3 Å². The number of ether oxygens (including phenoxy) is 1. The first-order chi connectivity index (χ1) is 16.5. The van der Waals surface area contributed by atoms with Gasteiger partial charge in [-0.15, -0.1) is 0 Å². The van der Waals surface area contributed by atoms with Gasteiger partial charge in [0.05, 0.1) is 23.6 Å². The highest BCUT2D eigenvalue weighted by atomic mass is 79.9. The van der Waals surface area contributed by atoms with Crippen molar-refractivity contribution in [3.05, 3.63) is 104 Å². The second-order valence-electron chi connectivity index (χ2n) is 8.50. The minimum atomic E-state index is -0.603. The molecule has 1 aliphatic heterocycles. The summed E-state index contributed by atoms with van der Waals surface area (Å²) in [5.41, 5.74) is 3.11. The van der Waals surface area contributed by atoms with Crippen LogP contribution in [0.3, 0.4) is 0 Å². The lowest BCUT2D eigenvalue weighted by atomic mass is 9.98. The van der Waals surface area contributed by atoms with Crippen LogP contribution in [0.5, 0.6) is 5.75 Å². The molecule has 1 aromatic heterocycles. The molecule has 0 spiro atoms. The number of rotatable bonds is 6. The maximum absolute atomic E-state index is 13.7. The number of unbranched alkanes of at least 4 members (excludes halogenated alkanes) is 1. The van der Waals surface area contributed by atoms with E-state index in [1.807, 2.05) is 55.5 Å². The van der Waals surface area contributed by atoms with Gasteiger partial charge in [-0.05, 0) is 66.9 Å². The Hall–Kier alpha value is -3.38. The molecule has 5 rings (SSSR count). The van der Waals surface area contributed by atoms with Crippen molar-refractivity contribution in [1.82, 2.24) is 0 Å². The predicted octanol–water partition coefficient (Wildman–Crippen LogP) is 6.79. The number of carbonyl (C=O) groups excluding carboxylic acids is 1. The molecule has 4 aromatic rings. The number of anilines is 1. The van der Waals surface area contributed by atoms with E-state index in [1.54, 1.807) is 23.1 Å². The SMILES string of the molecule is CCCCOc1ccc(C2c3c(oc4ccc(Br)cc4c3=O)C(=O)N2c2cccc(C)c2)cc1. The van der Waals surface area contributed by atoms with Crippen LogP contribution >= 0.6 is 15.9 Å². The average Bonchev–Trinajstić information content (AvgIpc) is 3.13. The van der Waals surface area contributed by atoms with Crippen LogP contribution in [-0.2, 0) is 0 Å². The summed E-state index contributed by atoms with van der Waals surface area (Å²) >= 11 is 3.44. The number of hydrogen-bond acceptors (Lipinski definition) is 4. The molecular weight excluding hydrogens is 494 g/mol. The number of nitrogens with zero attached hydrogens (tertiary/aromatic N) is 1. The van der Waals surface area contributed by atoms with Gasteiger partial charge in [-0.25, -0.2) is 0 Å². The highest BCUT2D eigenvalue weighted by Gasteiger charge is 2.43. The van der Waals surface area contributed by atoms with Gasteiger partial charge in [0.15, 0.2) is 5.43 Å². The first-order valence-corrected chi connectivity index (χ1v) is 12.2. The quantitative estimate of drug-likeness (QED) is 0.264. The minimum absolute atomic E-state index is 0.0922. The van der Waals surface area contributed by atoms with E-state index in [1.165, 1.54) is 0 Å². The van der Waals surface area contributed by atoms with Crippen molar-refractivity contribution in [2.75, 3.05) is 11.5 Å². The third-order valence-electron chi connectivity index (χ3n) is 6.07. The topological polar surface area (TPSA) is 59.8 Å². The van der Waals surface area contributed by atoms with Crippen LogP contribution in [0.4, 0.5) is 5.69 Å². The van der Waals surface area contributed by atoms with Crippen LogP contribution in [0, 0.1) is 6.92 Å². The number of aryl methyl sites for hydroxylation is 1. The van der Waals surface area contributed by atoms with Crippen LogP contribution in [0.15, 0.2) is 80.4 Å². The van der Waals surface area contributed by atoms with Gasteiger partial charge in [0, 0.05) is 10.2 Å². The largest absolute Gasteiger partial charge is 0.494 e. The molecule has 1 atom stereocenters. The molecular formula is C28H24BrNO4. The number of fused-ring (bicyclic) bond motifs is 2. The van der Waals surface area contributed by atoms with E-state index < -0.39 is 6.04 Å². The van der Waals surface area contributed by atoms with Crippen molar-refractivity contribution in [3.63, 3.8) is 0 Å². The standard InChI is InChI=1S/C28H24BrNO4/c1-3-4-14-33-21-11-8-18(9-12-21)25-24-26(31)22-16-19(29)10-13-23(22)34-27(24)28(32)30(25)20-7-5-6-17(2)15-20/h5-13,15-16,25H,3-4,14H2,1-2H3. The molecule has 1 aliphatic rings. The van der Waals surface area contributed by atoms with Crippen LogP contribution in [0.1, 0.15) is 53.1 Å². The zero-order valence-corrected chi connectivity index (χ0v) is 20.6. The number of carbonyl (C=O) groups is 1. The molecule has 0 saturated heterocycles. The van der Waals surface area contributed by atoms with Gasteiger partial charge >= 0.3 is 0 Å². The monoisotopic (exact) mass is 517 g/mol. The zero-order valence-electron chi connectivity index (χ0n) is 19.0. The second-order valence-corrected chi connectivity index (χ2v) is 9.42. The molecule has 172 valence electrons. The lowest BCUT2D eigenvalue weighted by Crippen LogP contribution is -2.29. The summed E-state index contributed by atoms with van der Waals surface area (Å²) < 4.78 is 12.6. The van der Waals surface area contributed by atoms with Crippen molar-refractivity contribution in [3.8, 4) is 5.75 Å². The molecule has 5 nitrogen and oxygen atoms in total. The van der Waals surface area contributed by atoms with Crippen LogP contribution in [0.2, 0.25) is 0 Å². The fourth-order valence-electron chi connectivity index (χ4n) is 4.39. The molecule has 0 aliphatic carbocycles. The number of amides is 1. The molecule has 0 bridgehead atoms. The van der Waals surface area contributed by atoms with Crippen molar-refractivity contribution >= 4 is 38.5 Å². The molecule has 2 heterocycles. The Labute approximate surface area is 206 Å². The smallest absolute Gasteiger partial charge is 0.295 e. The van der Waals surface area contributed by atoms with Gasteiger partial charge in [0.2, 0.25) is 5.76 Å². The van der Waals surface area contributed by atoms with Gasteiger partial charge in [-0.3, -0.25) is 14.5 Å². The Morgan fingerprint density at radius 1 is 1.03 bits per heavy atom. The first kappa shape index (κ1) is 22.4. The first-order valence-electron chi connectivity index (χ1n) is 11.4. The van der Waals surface area contributed by atoms with Gasteiger partial charge in [0.25, 0.3) is 5.91 Å². The Bertz CT molecular complexity index is 1440. The van der Waals surface area contributed by atoms with Gasteiger partial charge < -0.3 is 9.15 Å². The van der Waals surface area contributed by atoms with E-state index in [9.17, 15) is 9.59 Å². The maximum atomic E-state index is 13.7. The lowest BCUT2D eigenvalue weighted by Gasteiger charge is -2.25. The zero-order chi connectivity index (χ0) is 23.8. The van der Waals surface area contributed by atoms with Crippen LogP contribution < -0.4 is 15.1 Å². The molecule has 0 radical (unpaired) electrons. The Morgan fingerprint density at radius 2 is 1.82 bits per heavy atom. The van der Waals surface area contributed by atoms with E-state index in [2.05, 4.69) is 22.9 Å². The number of benzene rings is 3. The molecule has 1 unspecified atom stereocenters. The number of halogens is 1. The molecule has 34 heavy (non-hydrogen) atoms. The van der Waals surface area contributed by atoms with Crippen molar-refractivity contribution in [2.45, 2.75) is 32.7 Å². The Kier molecular flexibility index (Phi) is 6.00. The molecule has 0 fully saturated rings. The van der Waals surface area contributed by atoms with E-state index in [4.69, 9.17) is 9.15 Å². The third kappa shape index (κ3) is 3.92. The highest BCUT2D eigenvalue weighted by Crippen LogP contribution is 2.41. The van der Waals surface area contributed by atoms with Crippen molar-refractivity contribution in [2.24, 2.45) is 0 Å². The van der Waals surface area contributed by atoms with E-state index in [-0.39, 0.29) is 17.1 Å². The molecule has 0 saturated carbocycles. The van der Waals surface area contributed by atoms with Crippen molar-refractivity contribution < 1.29 is 13.9 Å². The second kappa shape index (κ2) is 9.11. The fraction of sp³-hybridized carbons (Fsp3) is 0.214. The van der Waals surface area contributed by atoms with E-state index in [0.717, 1.165) is 34.2 Å². The summed E-state index contributed by atoms with van der Waals surface area (Å²) in [5.74, 6) is 0.531. The minimum Gasteiger partial charge on any atom is -0.494 e. The molecule has 6 heteroatoms. The van der Waals surface area contributed by atoms with Gasteiger partial charge in [-0.1, -0.05) is 53.5 Å². The maximum Gasteiger partial charge on any atom is 0.295 e. The highest BCUT2D eigenvalue weighted by molar-refractivity contribution is 9.10. The van der Waals surface area contributed by atoms with Gasteiger partial charge in [-0.2, -0.15) is 0 Å². The summed E-state index contributed by atoms with van der Waals surface area (Å²) in [5, 5.41) is 0.441. The third-order valence-corrected chi connectivity index (χ3v) is 6.57. The Balaban J connectivity index is 1.68. The Morgan fingerprint density at radius 3 is 2.56 bits per heavy atom. The summed E-state index contributed by atoms with van der Waals surface area (Å²) in [6.45, 7) is 4.75. The van der Waals surface area contributed by atoms with Crippen LogP contribution in [0.25, 0.3) is 11.0 Å². The summed E-state index contributed by atoms with van der Waals surface area (Å²) in [6, 6.07) is 20.0. The van der Waals surface area contributed by atoms with E-state index >= 15 is 0 Å². The molecule has 1 amide bonds. The summed E-state index contributed by atoms with van der Waals surface area (Å²) in [7, 11) is 0. The normalized spacial score (nSPS) is 15.1. The predicted molar refractivity (Wildman–Crippen MR) is 137 cm³/mol. The molecule has 0 N–H and O–H groups in total. The number of hydrogen-bond donors (Lipinski definition) is 0. The lowest BCUT2D eigenvalue weighted by molar-refractivity contribution is 0.0971. The van der Waals surface area contributed by atoms with Crippen LogP contribution in [-0.4, -0.2) is 12.5 Å². The summed E-state index contributed by atoms with van der Waals surface area (Å²) in [6.07, 6.45) is 2.04. The van der Waals surface area contributed by atoms with Crippen molar-refractivity contribution in [1.29, 1.82) is 0 Å². The fourth-order valence-corrected chi connectivity index (χ4v) is 4.75.